The van der Waals surface area contributed by atoms with Crippen LogP contribution < -0.4 is 20.3 Å². The van der Waals surface area contributed by atoms with Crippen molar-refractivity contribution in [1.29, 1.82) is 0 Å². The van der Waals surface area contributed by atoms with E-state index in [1.165, 1.54) is 0 Å². The molecule has 0 unspecified atom stereocenters. The van der Waals surface area contributed by atoms with Crippen LogP contribution in [0.15, 0.2) is 18.2 Å². The van der Waals surface area contributed by atoms with Gasteiger partial charge in [-0.15, -0.1) is 0 Å². The molecule has 0 bridgehead atoms. The van der Waals surface area contributed by atoms with Gasteiger partial charge < -0.3 is 25.0 Å². The zero-order valence-electron chi connectivity index (χ0n) is 14.0. The number of anilines is 2. The number of benzene rings is 1. The highest BCUT2D eigenvalue weighted by molar-refractivity contribution is 5.99. The highest BCUT2D eigenvalue weighted by Crippen LogP contribution is 2.34. The van der Waals surface area contributed by atoms with Crippen molar-refractivity contribution in [2.75, 3.05) is 37.0 Å². The predicted octanol–water partition coefficient (Wildman–Crippen LogP) is 1.14. The van der Waals surface area contributed by atoms with Crippen molar-refractivity contribution in [3.8, 4) is 5.75 Å². The topological polar surface area (TPSA) is 79.9 Å². The van der Waals surface area contributed by atoms with Gasteiger partial charge in [-0.05, 0) is 31.5 Å². The molecule has 2 heterocycles. The van der Waals surface area contributed by atoms with Crippen LogP contribution in [-0.4, -0.2) is 50.8 Å². The Morgan fingerprint density at radius 1 is 1.46 bits per heavy atom. The van der Waals surface area contributed by atoms with E-state index in [0.29, 0.717) is 43.2 Å². The molecular formula is C17H23N3O4. The Morgan fingerprint density at radius 3 is 2.96 bits per heavy atom. The number of nitrogens with one attached hydrogen (secondary N) is 2. The molecule has 2 atom stereocenters. The first-order valence-corrected chi connectivity index (χ1v) is 8.24. The van der Waals surface area contributed by atoms with Gasteiger partial charge in [0, 0.05) is 25.2 Å². The lowest BCUT2D eigenvalue weighted by Crippen LogP contribution is -2.53. The fourth-order valence-corrected chi connectivity index (χ4v) is 3.13. The molecule has 0 aromatic heterocycles. The minimum atomic E-state index is -0.391. The quantitative estimate of drug-likeness (QED) is 0.864. The van der Waals surface area contributed by atoms with Crippen LogP contribution in [0.2, 0.25) is 0 Å². The summed E-state index contributed by atoms with van der Waals surface area (Å²) in [6.45, 7) is 3.80. The van der Waals surface area contributed by atoms with Crippen molar-refractivity contribution in [3.05, 3.63) is 18.2 Å². The van der Waals surface area contributed by atoms with Gasteiger partial charge in [0.15, 0.2) is 0 Å². The minimum Gasteiger partial charge on any atom is -0.495 e. The van der Waals surface area contributed by atoms with Crippen LogP contribution in [0.4, 0.5) is 11.4 Å². The summed E-state index contributed by atoms with van der Waals surface area (Å²) in [5, 5.41) is 6.06. The molecule has 1 aromatic rings. The van der Waals surface area contributed by atoms with Crippen LogP contribution in [0.5, 0.6) is 5.75 Å². The maximum absolute atomic E-state index is 12.5. The van der Waals surface area contributed by atoms with Gasteiger partial charge in [-0.2, -0.15) is 0 Å². The van der Waals surface area contributed by atoms with Gasteiger partial charge in [0.1, 0.15) is 11.8 Å². The molecule has 2 saturated heterocycles. The number of rotatable bonds is 4. The number of ether oxygens (including phenoxy) is 2. The first-order chi connectivity index (χ1) is 11.6. The third-order valence-corrected chi connectivity index (χ3v) is 4.41. The van der Waals surface area contributed by atoms with E-state index < -0.39 is 6.04 Å². The number of carbonyl (C=O) groups is 2. The molecule has 2 fully saturated rings. The third-order valence-electron chi connectivity index (χ3n) is 4.41. The standard InChI is InChI=1S/C17H23N3O4/c1-11-16(18-7-9-24-11)17(22)19-12-5-6-14(23-2)13(10-12)20-8-3-4-15(20)21/h5-6,10-11,16,18H,3-4,7-9H2,1-2H3,(H,19,22)/t11-,16+/m1/s1. The number of carbonyl (C=O) groups excluding carboxylic acids is 2. The molecule has 2 amide bonds. The molecule has 24 heavy (non-hydrogen) atoms. The molecule has 7 nitrogen and oxygen atoms in total. The molecule has 0 saturated carbocycles. The number of morpholine rings is 1. The average molecular weight is 333 g/mol. The van der Waals surface area contributed by atoms with Crippen molar-refractivity contribution in [2.45, 2.75) is 31.9 Å². The van der Waals surface area contributed by atoms with E-state index in [0.717, 1.165) is 6.42 Å². The highest BCUT2D eigenvalue weighted by atomic mass is 16.5. The lowest BCUT2D eigenvalue weighted by Gasteiger charge is -2.29. The zero-order valence-corrected chi connectivity index (χ0v) is 14.0. The molecule has 3 rings (SSSR count). The number of nitrogens with zero attached hydrogens (tertiary/aromatic N) is 1. The van der Waals surface area contributed by atoms with Crippen LogP contribution in [0.1, 0.15) is 19.8 Å². The first-order valence-electron chi connectivity index (χ1n) is 8.24. The van der Waals surface area contributed by atoms with E-state index in [9.17, 15) is 9.59 Å². The largest absolute Gasteiger partial charge is 0.495 e. The van der Waals surface area contributed by atoms with Gasteiger partial charge in [0.2, 0.25) is 11.8 Å². The van der Waals surface area contributed by atoms with E-state index in [4.69, 9.17) is 9.47 Å². The van der Waals surface area contributed by atoms with Crippen molar-refractivity contribution >= 4 is 23.2 Å². The Labute approximate surface area is 141 Å². The Kier molecular flexibility index (Phi) is 5.01. The van der Waals surface area contributed by atoms with Gasteiger partial charge in [-0.1, -0.05) is 0 Å². The number of hydrogen-bond acceptors (Lipinski definition) is 5. The summed E-state index contributed by atoms with van der Waals surface area (Å²) in [6, 6.07) is 4.94. The SMILES string of the molecule is COc1ccc(NC(=O)[C@H]2NCCO[C@@H]2C)cc1N1CCCC1=O. The van der Waals surface area contributed by atoms with Crippen molar-refractivity contribution in [1.82, 2.24) is 5.32 Å². The average Bonchev–Trinajstić information content (AvgIpc) is 3.01. The van der Waals surface area contributed by atoms with E-state index in [2.05, 4.69) is 10.6 Å². The summed E-state index contributed by atoms with van der Waals surface area (Å²) in [4.78, 5) is 26.2. The van der Waals surface area contributed by atoms with Crippen LogP contribution in [-0.2, 0) is 14.3 Å². The molecule has 7 heteroatoms. The van der Waals surface area contributed by atoms with E-state index in [-0.39, 0.29) is 17.9 Å². The van der Waals surface area contributed by atoms with Crippen molar-refractivity contribution < 1.29 is 19.1 Å². The fourth-order valence-electron chi connectivity index (χ4n) is 3.13. The molecule has 0 spiro atoms. The Bertz CT molecular complexity index is 634. The van der Waals surface area contributed by atoms with Gasteiger partial charge in [0.25, 0.3) is 0 Å². The highest BCUT2D eigenvalue weighted by Gasteiger charge is 2.29. The first kappa shape index (κ1) is 16.7. The van der Waals surface area contributed by atoms with Gasteiger partial charge >= 0.3 is 0 Å². The van der Waals surface area contributed by atoms with Crippen LogP contribution in [0, 0.1) is 0 Å². The molecule has 130 valence electrons. The Balaban J connectivity index is 1.78. The lowest BCUT2D eigenvalue weighted by molar-refractivity contribution is -0.123. The van der Waals surface area contributed by atoms with Crippen LogP contribution in [0.3, 0.4) is 0 Å². The molecule has 0 aliphatic carbocycles. The zero-order chi connectivity index (χ0) is 17.1. The third kappa shape index (κ3) is 3.37. The normalized spacial score (nSPS) is 24.1. The fraction of sp³-hybridized carbons (Fsp3) is 0.529. The van der Waals surface area contributed by atoms with E-state index in [1.54, 1.807) is 30.2 Å². The number of methoxy groups -OCH3 is 1. The summed E-state index contributed by atoms with van der Waals surface area (Å²) in [7, 11) is 1.57. The molecule has 1 aromatic carbocycles. The summed E-state index contributed by atoms with van der Waals surface area (Å²) in [5.74, 6) is 0.551. The lowest BCUT2D eigenvalue weighted by atomic mass is 10.1. The second kappa shape index (κ2) is 7.19. The predicted molar refractivity (Wildman–Crippen MR) is 90.4 cm³/mol. The van der Waals surface area contributed by atoms with Crippen LogP contribution in [0.25, 0.3) is 0 Å². The van der Waals surface area contributed by atoms with Gasteiger partial charge in [-0.25, -0.2) is 0 Å². The second-order valence-corrected chi connectivity index (χ2v) is 6.03. The van der Waals surface area contributed by atoms with Gasteiger partial charge in [-0.3, -0.25) is 9.59 Å². The molecule has 0 radical (unpaired) electrons. The van der Waals surface area contributed by atoms with Gasteiger partial charge in [0.05, 0.1) is 25.5 Å². The molecule has 2 aliphatic rings. The van der Waals surface area contributed by atoms with E-state index in [1.807, 2.05) is 6.92 Å². The smallest absolute Gasteiger partial charge is 0.244 e. The summed E-state index contributed by atoms with van der Waals surface area (Å²) >= 11 is 0. The number of amides is 2. The van der Waals surface area contributed by atoms with Crippen molar-refractivity contribution in [3.63, 3.8) is 0 Å². The van der Waals surface area contributed by atoms with E-state index >= 15 is 0 Å². The molecular weight excluding hydrogens is 310 g/mol. The maximum atomic E-state index is 12.5. The van der Waals surface area contributed by atoms with Crippen molar-refractivity contribution in [2.24, 2.45) is 0 Å². The summed E-state index contributed by atoms with van der Waals surface area (Å²) in [5.41, 5.74) is 1.33. The maximum Gasteiger partial charge on any atom is 0.244 e. The molecule has 2 aliphatic heterocycles. The van der Waals surface area contributed by atoms with Crippen LogP contribution >= 0.6 is 0 Å². The molecule has 2 N–H and O–H groups in total. The Hall–Kier alpha value is -2.12. The summed E-state index contributed by atoms with van der Waals surface area (Å²) in [6.07, 6.45) is 1.19. The Morgan fingerprint density at radius 2 is 2.29 bits per heavy atom. The minimum absolute atomic E-state index is 0.0766. The second-order valence-electron chi connectivity index (χ2n) is 6.03. The summed E-state index contributed by atoms with van der Waals surface area (Å²) < 4.78 is 10.9. The monoisotopic (exact) mass is 333 g/mol. The number of hydrogen-bond donors (Lipinski definition) is 2.